The van der Waals surface area contributed by atoms with Gasteiger partial charge in [-0.15, -0.1) is 0 Å². The van der Waals surface area contributed by atoms with E-state index in [1.807, 2.05) is 67.6 Å². The second kappa shape index (κ2) is 7.59. The van der Waals surface area contributed by atoms with Gasteiger partial charge in [-0.2, -0.15) is 5.10 Å². The van der Waals surface area contributed by atoms with Crippen LogP contribution in [0.2, 0.25) is 0 Å². The number of para-hydroxylation sites is 2. The summed E-state index contributed by atoms with van der Waals surface area (Å²) in [6.07, 6.45) is 1.46. The summed E-state index contributed by atoms with van der Waals surface area (Å²) >= 11 is 5.17. The Labute approximate surface area is 150 Å². The SMILES string of the molecule is Cc1[nH]n(-c2ccccc2)c(=O)c1/C=N\NC(=S)Nc1ccccc1. The Balaban J connectivity index is 1.71. The van der Waals surface area contributed by atoms with Crippen molar-refractivity contribution in [1.29, 1.82) is 0 Å². The quantitative estimate of drug-likeness (QED) is 0.384. The Bertz CT molecular complexity index is 945. The van der Waals surface area contributed by atoms with Gasteiger partial charge in [-0.3, -0.25) is 15.3 Å². The van der Waals surface area contributed by atoms with Crippen LogP contribution in [0.15, 0.2) is 70.6 Å². The summed E-state index contributed by atoms with van der Waals surface area (Å²) in [7, 11) is 0. The van der Waals surface area contributed by atoms with Gasteiger partial charge >= 0.3 is 0 Å². The molecule has 1 aromatic heterocycles. The topological polar surface area (TPSA) is 74.2 Å². The zero-order chi connectivity index (χ0) is 17.6. The predicted molar refractivity (Wildman–Crippen MR) is 105 cm³/mol. The van der Waals surface area contributed by atoms with Crippen molar-refractivity contribution in [3.05, 3.63) is 82.3 Å². The van der Waals surface area contributed by atoms with E-state index >= 15 is 0 Å². The standard InChI is InChI=1S/C18H17N5OS/c1-13-16(17(24)23(22-13)15-10-6-3-7-11-15)12-19-21-18(25)20-14-8-4-2-5-9-14/h2-12,22H,1H3,(H2,20,21,25)/b19-12-. The van der Waals surface area contributed by atoms with Crippen molar-refractivity contribution >= 4 is 29.2 Å². The second-order valence-electron chi connectivity index (χ2n) is 5.32. The fourth-order valence-electron chi connectivity index (χ4n) is 2.31. The molecule has 3 rings (SSSR count). The summed E-state index contributed by atoms with van der Waals surface area (Å²) in [6.45, 7) is 1.82. The van der Waals surface area contributed by atoms with Crippen molar-refractivity contribution in [3.8, 4) is 5.69 Å². The molecule has 0 bridgehead atoms. The van der Waals surface area contributed by atoms with Gasteiger partial charge in [0, 0.05) is 11.4 Å². The minimum atomic E-state index is -0.170. The molecule has 25 heavy (non-hydrogen) atoms. The third kappa shape index (κ3) is 4.02. The van der Waals surface area contributed by atoms with E-state index in [2.05, 4.69) is 20.9 Å². The van der Waals surface area contributed by atoms with Gasteiger partial charge in [-0.05, 0) is 43.4 Å². The Morgan fingerprint density at radius 3 is 2.44 bits per heavy atom. The van der Waals surface area contributed by atoms with E-state index in [0.29, 0.717) is 10.7 Å². The molecule has 0 amide bonds. The molecule has 0 atom stereocenters. The van der Waals surface area contributed by atoms with Crippen LogP contribution in [0.4, 0.5) is 5.69 Å². The number of thiocarbonyl (C=S) groups is 1. The van der Waals surface area contributed by atoms with Crippen molar-refractivity contribution in [2.75, 3.05) is 5.32 Å². The summed E-state index contributed by atoms with van der Waals surface area (Å²) in [6, 6.07) is 18.9. The molecule has 0 radical (unpaired) electrons. The van der Waals surface area contributed by atoms with E-state index in [-0.39, 0.29) is 5.56 Å². The first-order valence-electron chi connectivity index (χ1n) is 7.67. The predicted octanol–water partition coefficient (Wildman–Crippen LogP) is 2.79. The Morgan fingerprint density at radius 1 is 1.12 bits per heavy atom. The monoisotopic (exact) mass is 351 g/mol. The van der Waals surface area contributed by atoms with Crippen LogP contribution in [0.25, 0.3) is 5.69 Å². The highest BCUT2D eigenvalue weighted by atomic mass is 32.1. The lowest BCUT2D eigenvalue weighted by atomic mass is 10.3. The van der Waals surface area contributed by atoms with E-state index < -0.39 is 0 Å². The lowest BCUT2D eigenvalue weighted by Gasteiger charge is -2.05. The molecule has 2 aromatic carbocycles. The fourth-order valence-corrected chi connectivity index (χ4v) is 2.48. The van der Waals surface area contributed by atoms with Gasteiger partial charge in [0.1, 0.15) is 0 Å². The zero-order valence-electron chi connectivity index (χ0n) is 13.6. The van der Waals surface area contributed by atoms with Gasteiger partial charge < -0.3 is 5.32 Å². The van der Waals surface area contributed by atoms with Crippen molar-refractivity contribution in [1.82, 2.24) is 15.2 Å². The van der Waals surface area contributed by atoms with Crippen LogP contribution in [-0.2, 0) is 0 Å². The van der Waals surface area contributed by atoms with Gasteiger partial charge in [-0.1, -0.05) is 36.4 Å². The molecule has 6 nitrogen and oxygen atoms in total. The van der Waals surface area contributed by atoms with E-state index in [1.165, 1.54) is 10.9 Å². The number of anilines is 1. The molecule has 3 N–H and O–H groups in total. The number of aromatic amines is 1. The minimum Gasteiger partial charge on any atom is -0.331 e. The molecule has 7 heteroatoms. The molecule has 0 saturated heterocycles. The Morgan fingerprint density at radius 2 is 1.76 bits per heavy atom. The van der Waals surface area contributed by atoms with E-state index in [0.717, 1.165) is 17.1 Å². The normalized spacial score (nSPS) is 10.8. The minimum absolute atomic E-state index is 0.170. The number of benzene rings is 2. The Kier molecular flexibility index (Phi) is 5.06. The van der Waals surface area contributed by atoms with E-state index in [9.17, 15) is 4.79 Å². The summed E-state index contributed by atoms with van der Waals surface area (Å²) in [5, 5.41) is 10.4. The number of hydrogen-bond acceptors (Lipinski definition) is 3. The molecule has 0 saturated carbocycles. The number of hydrogen-bond donors (Lipinski definition) is 3. The van der Waals surface area contributed by atoms with Crippen molar-refractivity contribution in [2.24, 2.45) is 5.10 Å². The molecule has 126 valence electrons. The molecular weight excluding hydrogens is 334 g/mol. The first-order chi connectivity index (χ1) is 12.1. The maximum absolute atomic E-state index is 12.5. The molecule has 0 fully saturated rings. The first kappa shape index (κ1) is 16.7. The van der Waals surface area contributed by atoms with E-state index in [4.69, 9.17) is 12.2 Å². The van der Waals surface area contributed by atoms with Crippen LogP contribution in [-0.4, -0.2) is 21.1 Å². The smallest absolute Gasteiger partial charge is 0.280 e. The molecule has 1 heterocycles. The number of aromatic nitrogens is 2. The maximum atomic E-state index is 12.5. The number of aryl methyl sites for hydroxylation is 1. The molecular formula is C18H17N5OS. The van der Waals surface area contributed by atoms with Gasteiger partial charge in [0.2, 0.25) is 0 Å². The van der Waals surface area contributed by atoms with Crippen LogP contribution in [0.3, 0.4) is 0 Å². The van der Waals surface area contributed by atoms with Gasteiger partial charge in [0.05, 0.1) is 17.5 Å². The number of nitrogens with one attached hydrogen (secondary N) is 3. The summed E-state index contributed by atoms with van der Waals surface area (Å²) in [5.41, 5.74) is 5.36. The molecule has 0 aliphatic heterocycles. The van der Waals surface area contributed by atoms with Crippen molar-refractivity contribution in [2.45, 2.75) is 6.92 Å². The fraction of sp³-hybridized carbons (Fsp3) is 0.0556. The van der Waals surface area contributed by atoms with Crippen molar-refractivity contribution < 1.29 is 0 Å². The summed E-state index contributed by atoms with van der Waals surface area (Å²) < 4.78 is 1.48. The number of H-pyrrole nitrogens is 1. The van der Waals surface area contributed by atoms with Crippen LogP contribution in [0.5, 0.6) is 0 Å². The average Bonchev–Trinajstić information content (AvgIpc) is 2.91. The summed E-state index contributed by atoms with van der Waals surface area (Å²) in [5.74, 6) is 0. The second-order valence-corrected chi connectivity index (χ2v) is 5.72. The number of rotatable bonds is 4. The average molecular weight is 351 g/mol. The molecule has 3 aromatic rings. The molecule has 0 spiro atoms. The zero-order valence-corrected chi connectivity index (χ0v) is 14.4. The van der Waals surface area contributed by atoms with Crippen LogP contribution in [0, 0.1) is 6.92 Å². The van der Waals surface area contributed by atoms with Gasteiger partial charge in [-0.25, -0.2) is 4.68 Å². The highest BCUT2D eigenvalue weighted by Crippen LogP contribution is 2.06. The molecule has 0 aliphatic carbocycles. The largest absolute Gasteiger partial charge is 0.331 e. The van der Waals surface area contributed by atoms with Crippen LogP contribution < -0.4 is 16.3 Å². The maximum Gasteiger partial charge on any atom is 0.280 e. The van der Waals surface area contributed by atoms with E-state index in [1.54, 1.807) is 0 Å². The van der Waals surface area contributed by atoms with Crippen LogP contribution in [0.1, 0.15) is 11.3 Å². The highest BCUT2D eigenvalue weighted by Gasteiger charge is 2.10. The first-order valence-corrected chi connectivity index (χ1v) is 8.08. The highest BCUT2D eigenvalue weighted by molar-refractivity contribution is 7.80. The Hall–Kier alpha value is -3.19. The van der Waals surface area contributed by atoms with Gasteiger partial charge in [0.25, 0.3) is 5.56 Å². The number of nitrogens with zero attached hydrogens (tertiary/aromatic N) is 2. The lowest BCUT2D eigenvalue weighted by molar-refractivity contribution is 0.835. The number of hydrazone groups is 1. The van der Waals surface area contributed by atoms with Gasteiger partial charge in [0.15, 0.2) is 5.11 Å². The molecule has 0 aliphatic rings. The third-order valence-corrected chi connectivity index (χ3v) is 3.72. The van der Waals surface area contributed by atoms with Crippen molar-refractivity contribution in [3.63, 3.8) is 0 Å². The summed E-state index contributed by atoms with van der Waals surface area (Å²) in [4.78, 5) is 12.5. The third-order valence-electron chi connectivity index (χ3n) is 3.52. The molecule has 0 unspecified atom stereocenters. The van der Waals surface area contributed by atoms with Crippen LogP contribution >= 0.6 is 12.2 Å². The lowest BCUT2D eigenvalue weighted by Crippen LogP contribution is -2.24.